The van der Waals surface area contributed by atoms with E-state index in [2.05, 4.69) is 34.0 Å². The van der Waals surface area contributed by atoms with Gasteiger partial charge in [-0.2, -0.15) is 0 Å². The van der Waals surface area contributed by atoms with Crippen molar-refractivity contribution in [3.63, 3.8) is 0 Å². The van der Waals surface area contributed by atoms with Crippen molar-refractivity contribution >= 4 is 22.9 Å². The van der Waals surface area contributed by atoms with Crippen LogP contribution in [0.3, 0.4) is 0 Å². The van der Waals surface area contributed by atoms with Crippen LogP contribution in [0.5, 0.6) is 0 Å². The van der Waals surface area contributed by atoms with Crippen LogP contribution in [-0.2, 0) is 0 Å². The number of anilines is 2. The van der Waals surface area contributed by atoms with E-state index in [-0.39, 0.29) is 5.91 Å². The fourth-order valence-corrected chi connectivity index (χ4v) is 4.08. The Bertz CT molecular complexity index is 1490. The van der Waals surface area contributed by atoms with Crippen LogP contribution in [0.1, 0.15) is 71.4 Å². The van der Waals surface area contributed by atoms with Crippen LogP contribution in [-0.4, -0.2) is 15.3 Å². The zero-order valence-electron chi connectivity index (χ0n) is 21.5. The summed E-state index contributed by atoms with van der Waals surface area (Å²) in [4.78, 5) is 17.4. The van der Waals surface area contributed by atoms with Gasteiger partial charge in [-0.15, -0.1) is 0 Å². The van der Waals surface area contributed by atoms with Crippen LogP contribution in [0.2, 0.25) is 0 Å². The van der Waals surface area contributed by atoms with Gasteiger partial charge < -0.3 is 15.5 Å². The van der Waals surface area contributed by atoms with Crippen LogP contribution >= 0.6 is 0 Å². The topological polar surface area (TPSA) is 72.4 Å². The van der Waals surface area contributed by atoms with Crippen LogP contribution in [0.4, 0.5) is 11.4 Å². The van der Waals surface area contributed by atoms with Gasteiger partial charge in [0.15, 0.2) is 0 Å². The molecule has 1 amide bonds. The number of benzene rings is 2. The van der Waals surface area contributed by atoms with Gasteiger partial charge in [-0.1, -0.05) is 36.5 Å². The first-order valence-electron chi connectivity index (χ1n) is 12.7. The first-order chi connectivity index (χ1) is 18.0. The minimum absolute atomic E-state index is 0.171. The van der Waals surface area contributed by atoms with Gasteiger partial charge in [0.05, 0.1) is 5.56 Å². The highest BCUT2D eigenvalue weighted by Gasteiger charge is 2.14. The van der Waals surface area contributed by atoms with Gasteiger partial charge in [0, 0.05) is 52.9 Å². The lowest BCUT2D eigenvalue weighted by Crippen LogP contribution is -2.12. The third kappa shape index (κ3) is 7.26. The highest BCUT2D eigenvalue weighted by atomic mass is 16.1. The van der Waals surface area contributed by atoms with E-state index >= 15 is 0 Å². The van der Waals surface area contributed by atoms with Gasteiger partial charge in [0.2, 0.25) is 0 Å². The van der Waals surface area contributed by atoms with Crippen LogP contribution < -0.4 is 11.1 Å². The Morgan fingerprint density at radius 2 is 1.46 bits per heavy atom. The molecule has 2 aromatic heterocycles. The summed E-state index contributed by atoms with van der Waals surface area (Å²) in [6, 6.07) is 19.1. The normalized spacial score (nSPS) is 10.3. The van der Waals surface area contributed by atoms with Crippen molar-refractivity contribution in [2.24, 2.45) is 0 Å². The number of carbonyl (C=O) groups excluding carboxylic acids is 1. The van der Waals surface area contributed by atoms with Gasteiger partial charge in [0.1, 0.15) is 5.65 Å². The Labute approximate surface area is 219 Å². The molecular weight excluding hydrogens is 456 g/mol. The van der Waals surface area contributed by atoms with E-state index in [1.54, 1.807) is 6.07 Å². The number of aryl methyl sites for hydroxylation is 2. The molecule has 2 aromatic carbocycles. The molecule has 0 fully saturated rings. The lowest BCUT2D eigenvalue weighted by Gasteiger charge is -2.06. The largest absolute Gasteiger partial charge is 0.399 e. The Kier molecular flexibility index (Phi) is 8.63. The summed E-state index contributed by atoms with van der Waals surface area (Å²) in [5.41, 5.74) is 12.3. The monoisotopic (exact) mass is 488 g/mol. The Morgan fingerprint density at radius 3 is 2.08 bits per heavy atom. The zero-order chi connectivity index (χ0) is 26.0. The van der Waals surface area contributed by atoms with E-state index in [1.807, 2.05) is 79.0 Å². The summed E-state index contributed by atoms with van der Waals surface area (Å²) in [7, 11) is 0. The quantitative estimate of drug-likeness (QED) is 0.176. The number of nitrogens with one attached hydrogen (secondary N) is 1. The second-order valence-electron chi connectivity index (χ2n) is 9.13. The van der Waals surface area contributed by atoms with Crippen molar-refractivity contribution in [2.45, 2.75) is 52.4 Å². The molecule has 0 saturated heterocycles. The van der Waals surface area contributed by atoms with Crippen molar-refractivity contribution in [2.75, 3.05) is 11.1 Å². The van der Waals surface area contributed by atoms with Gasteiger partial charge in [-0.25, -0.2) is 4.98 Å². The molecule has 5 heteroatoms. The molecule has 0 radical (unpaired) electrons. The third-order valence-corrected chi connectivity index (χ3v) is 6.06. The van der Waals surface area contributed by atoms with Gasteiger partial charge in [-0.3, -0.25) is 4.79 Å². The molecule has 0 spiro atoms. The number of fused-ring (bicyclic) bond motifs is 1. The number of hydrogen-bond acceptors (Lipinski definition) is 3. The summed E-state index contributed by atoms with van der Waals surface area (Å²) in [5.74, 6) is 12.7. The maximum Gasteiger partial charge on any atom is 0.259 e. The predicted octanol–water partition coefficient (Wildman–Crippen LogP) is 6.53. The molecule has 0 aliphatic heterocycles. The van der Waals surface area contributed by atoms with Crippen molar-refractivity contribution in [3.8, 4) is 23.7 Å². The molecule has 0 atom stereocenters. The molecule has 0 saturated carbocycles. The third-order valence-electron chi connectivity index (χ3n) is 6.06. The summed E-state index contributed by atoms with van der Waals surface area (Å²) in [5, 5.41) is 2.96. The standard InChI is InChI=1S/C32H32N4O/c1-24-23-25(2)36-22-21-30(31(36)34-24)32(37)35-29-19-15-27(16-20-29)12-10-8-6-4-3-5-7-9-11-26-13-17-28(33)18-14-26/h13-23H,3-8,33H2,1-2H3,(H,35,37). The van der Waals surface area contributed by atoms with Gasteiger partial charge in [-0.05, 0) is 87.4 Å². The van der Waals surface area contributed by atoms with Crippen LogP contribution in [0.15, 0.2) is 66.9 Å². The minimum atomic E-state index is -0.171. The maximum atomic E-state index is 12.8. The van der Waals surface area contributed by atoms with Gasteiger partial charge in [0.25, 0.3) is 5.91 Å². The lowest BCUT2D eigenvalue weighted by molar-refractivity contribution is 0.102. The molecule has 3 N–H and O–H groups in total. The summed E-state index contributed by atoms with van der Waals surface area (Å²) >= 11 is 0. The minimum Gasteiger partial charge on any atom is -0.399 e. The highest BCUT2D eigenvalue weighted by Crippen LogP contribution is 2.17. The Morgan fingerprint density at radius 1 is 0.865 bits per heavy atom. The number of nitrogen functional groups attached to an aromatic ring is 1. The number of nitrogens with two attached hydrogens (primary N) is 1. The number of carbonyl (C=O) groups is 1. The molecule has 4 aromatic rings. The van der Waals surface area contributed by atoms with Crippen molar-refractivity contribution in [1.29, 1.82) is 0 Å². The molecule has 0 aliphatic carbocycles. The number of rotatable bonds is 7. The van der Waals surface area contributed by atoms with Crippen LogP contribution in [0, 0.1) is 37.5 Å². The molecule has 186 valence electrons. The predicted molar refractivity (Wildman–Crippen MR) is 151 cm³/mol. The van der Waals surface area contributed by atoms with E-state index in [0.717, 1.165) is 66.0 Å². The van der Waals surface area contributed by atoms with E-state index in [9.17, 15) is 4.79 Å². The SMILES string of the molecule is Cc1cc(C)n2ccc(C(=O)Nc3ccc(C#CCCCCCCC#Cc4ccc(N)cc4)cc3)c2n1. The summed E-state index contributed by atoms with van der Waals surface area (Å²) in [6.07, 6.45) is 8.19. The maximum absolute atomic E-state index is 12.8. The number of nitrogens with zero attached hydrogens (tertiary/aromatic N) is 2. The average molecular weight is 489 g/mol. The highest BCUT2D eigenvalue weighted by molar-refractivity contribution is 6.08. The molecule has 0 unspecified atom stereocenters. The zero-order valence-corrected chi connectivity index (χ0v) is 21.5. The summed E-state index contributed by atoms with van der Waals surface area (Å²) in [6.45, 7) is 3.94. The molecule has 5 nitrogen and oxygen atoms in total. The number of amides is 1. The number of hydrogen-bond donors (Lipinski definition) is 2. The number of aromatic nitrogens is 2. The van der Waals surface area contributed by atoms with E-state index in [4.69, 9.17) is 5.73 Å². The fraction of sp³-hybridized carbons (Fsp3) is 0.250. The van der Waals surface area contributed by atoms with Crippen molar-refractivity contribution in [1.82, 2.24) is 9.38 Å². The number of unbranched alkanes of at least 4 members (excludes halogenated alkanes) is 5. The lowest BCUT2D eigenvalue weighted by atomic mass is 10.1. The molecular formula is C32H32N4O. The Hall–Kier alpha value is -4.48. The smallest absolute Gasteiger partial charge is 0.259 e. The van der Waals surface area contributed by atoms with Crippen molar-refractivity contribution < 1.29 is 4.79 Å². The molecule has 4 rings (SSSR count). The molecule has 0 bridgehead atoms. The fourth-order valence-electron chi connectivity index (χ4n) is 4.08. The van der Waals surface area contributed by atoms with E-state index in [0.29, 0.717) is 11.2 Å². The average Bonchev–Trinajstić information content (AvgIpc) is 3.31. The van der Waals surface area contributed by atoms with Gasteiger partial charge >= 0.3 is 0 Å². The van der Waals surface area contributed by atoms with E-state index in [1.165, 1.54) is 6.42 Å². The first-order valence-corrected chi connectivity index (χ1v) is 12.7. The van der Waals surface area contributed by atoms with E-state index < -0.39 is 0 Å². The van der Waals surface area contributed by atoms with Crippen molar-refractivity contribution in [3.05, 3.63) is 94.9 Å². The molecule has 0 aliphatic rings. The first kappa shape index (κ1) is 25.6. The second-order valence-corrected chi connectivity index (χ2v) is 9.13. The second kappa shape index (κ2) is 12.5. The summed E-state index contributed by atoms with van der Waals surface area (Å²) < 4.78 is 1.93. The van der Waals surface area contributed by atoms with Crippen LogP contribution in [0.25, 0.3) is 5.65 Å². The molecule has 37 heavy (non-hydrogen) atoms. The molecule has 2 heterocycles. The Balaban J connectivity index is 1.17.